The Morgan fingerprint density at radius 3 is 2.73 bits per heavy atom. The molecule has 1 atom stereocenters. The summed E-state index contributed by atoms with van der Waals surface area (Å²) in [6.45, 7) is 1.88. The Bertz CT molecular complexity index is 735. The third kappa shape index (κ3) is 4.27. The van der Waals surface area contributed by atoms with Gasteiger partial charge in [-0.25, -0.2) is 0 Å². The van der Waals surface area contributed by atoms with Crippen molar-refractivity contribution in [3.63, 3.8) is 0 Å². The minimum Gasteiger partial charge on any atom is -0.345 e. The number of nitrogens with one attached hydrogen (secondary N) is 1. The van der Waals surface area contributed by atoms with E-state index >= 15 is 0 Å². The second kappa shape index (κ2) is 7.53. The van der Waals surface area contributed by atoms with Crippen molar-refractivity contribution in [1.82, 2.24) is 10.3 Å². The van der Waals surface area contributed by atoms with E-state index in [1.54, 1.807) is 18.5 Å². The first-order valence-corrected chi connectivity index (χ1v) is 7.47. The van der Waals surface area contributed by atoms with Gasteiger partial charge in [0.25, 0.3) is 5.91 Å². The van der Waals surface area contributed by atoms with Gasteiger partial charge in [0.1, 0.15) is 11.6 Å². The summed E-state index contributed by atoms with van der Waals surface area (Å²) in [5.74, 6) is -0.404. The third-order valence-corrected chi connectivity index (χ3v) is 3.48. The van der Waals surface area contributed by atoms with E-state index in [0.717, 1.165) is 10.0 Å². The predicted octanol–water partition coefficient (Wildman–Crippen LogP) is 3.63. The third-order valence-electron chi connectivity index (χ3n) is 3.05. The number of amides is 1. The van der Waals surface area contributed by atoms with Gasteiger partial charge in [0.15, 0.2) is 0 Å². The molecule has 1 amide bonds. The Balaban J connectivity index is 2.14. The molecule has 0 bridgehead atoms. The zero-order valence-electron chi connectivity index (χ0n) is 12.0. The van der Waals surface area contributed by atoms with E-state index in [2.05, 4.69) is 26.2 Å². The molecule has 0 radical (unpaired) electrons. The van der Waals surface area contributed by atoms with Gasteiger partial charge >= 0.3 is 0 Å². The maximum atomic E-state index is 12.2. The van der Waals surface area contributed by atoms with Crippen LogP contribution in [0, 0.1) is 11.3 Å². The van der Waals surface area contributed by atoms with Crippen LogP contribution in [0.3, 0.4) is 0 Å². The van der Waals surface area contributed by atoms with E-state index in [1.165, 1.54) is 6.08 Å². The maximum Gasteiger partial charge on any atom is 0.262 e. The van der Waals surface area contributed by atoms with Crippen LogP contribution in [0.2, 0.25) is 0 Å². The van der Waals surface area contributed by atoms with Crippen LogP contribution in [0.4, 0.5) is 0 Å². The molecule has 0 unspecified atom stereocenters. The van der Waals surface area contributed by atoms with Crippen LogP contribution >= 0.6 is 15.9 Å². The topological polar surface area (TPSA) is 65.8 Å². The molecular weight excluding hydrogens is 342 g/mol. The SMILES string of the molecule is C[C@H](NC(=O)C(C#N)=Cc1cncc(Br)c1)c1ccccc1. The van der Waals surface area contributed by atoms with E-state index < -0.39 is 5.91 Å². The number of hydrogen-bond donors (Lipinski definition) is 1. The van der Waals surface area contributed by atoms with Crippen molar-refractivity contribution in [3.05, 3.63) is 70.0 Å². The lowest BCUT2D eigenvalue weighted by atomic mass is 10.1. The Kier molecular flexibility index (Phi) is 5.45. The molecule has 2 aromatic rings. The van der Waals surface area contributed by atoms with Crippen LogP contribution in [0.1, 0.15) is 24.1 Å². The number of nitriles is 1. The molecule has 0 aliphatic carbocycles. The number of carbonyl (C=O) groups excluding carboxylic acids is 1. The molecule has 0 spiro atoms. The fraction of sp³-hybridized carbons (Fsp3) is 0.118. The fourth-order valence-corrected chi connectivity index (χ4v) is 2.30. The van der Waals surface area contributed by atoms with Gasteiger partial charge in [0, 0.05) is 16.9 Å². The molecule has 1 heterocycles. The van der Waals surface area contributed by atoms with E-state index in [-0.39, 0.29) is 11.6 Å². The highest BCUT2D eigenvalue weighted by atomic mass is 79.9. The average Bonchev–Trinajstić information content (AvgIpc) is 2.53. The molecule has 1 aromatic carbocycles. The van der Waals surface area contributed by atoms with Crippen molar-refractivity contribution in [2.45, 2.75) is 13.0 Å². The summed E-state index contributed by atoms with van der Waals surface area (Å²) in [6, 6.07) is 13.1. The van der Waals surface area contributed by atoms with E-state index in [1.807, 2.05) is 43.3 Å². The molecule has 1 aromatic heterocycles. The minimum absolute atomic E-state index is 0.0441. The molecule has 1 N–H and O–H groups in total. The smallest absolute Gasteiger partial charge is 0.262 e. The van der Waals surface area contributed by atoms with Crippen molar-refractivity contribution in [2.75, 3.05) is 0 Å². The van der Waals surface area contributed by atoms with Crippen LogP contribution in [0.5, 0.6) is 0 Å². The fourth-order valence-electron chi connectivity index (χ4n) is 1.92. The van der Waals surface area contributed by atoms with Gasteiger partial charge in [-0.15, -0.1) is 0 Å². The number of halogens is 1. The van der Waals surface area contributed by atoms with Crippen molar-refractivity contribution in [2.24, 2.45) is 0 Å². The number of carbonyl (C=O) groups is 1. The molecule has 0 fully saturated rings. The van der Waals surface area contributed by atoms with Gasteiger partial charge in [-0.1, -0.05) is 30.3 Å². The lowest BCUT2D eigenvalue weighted by molar-refractivity contribution is -0.117. The van der Waals surface area contributed by atoms with E-state index in [9.17, 15) is 10.1 Å². The largest absolute Gasteiger partial charge is 0.345 e. The quantitative estimate of drug-likeness (QED) is 0.672. The summed E-state index contributed by atoms with van der Waals surface area (Å²) in [5, 5.41) is 12.0. The highest BCUT2D eigenvalue weighted by Crippen LogP contribution is 2.15. The first kappa shape index (κ1) is 15.9. The van der Waals surface area contributed by atoms with Crippen LogP contribution in [0.15, 0.2) is 58.8 Å². The van der Waals surface area contributed by atoms with Crippen LogP contribution in [0.25, 0.3) is 6.08 Å². The van der Waals surface area contributed by atoms with Crippen molar-refractivity contribution >= 4 is 27.9 Å². The van der Waals surface area contributed by atoms with Gasteiger partial charge in [0.2, 0.25) is 0 Å². The number of nitrogens with zero attached hydrogens (tertiary/aromatic N) is 2. The predicted molar refractivity (Wildman–Crippen MR) is 88.5 cm³/mol. The first-order valence-electron chi connectivity index (χ1n) is 6.68. The standard InChI is InChI=1S/C17H14BrN3O/c1-12(14-5-3-2-4-6-14)21-17(22)15(9-19)7-13-8-16(18)11-20-10-13/h2-8,10-12H,1H3,(H,21,22)/t12-/m0/s1. The van der Waals surface area contributed by atoms with Gasteiger partial charge in [-0.3, -0.25) is 9.78 Å². The Labute approximate surface area is 137 Å². The highest BCUT2D eigenvalue weighted by Gasteiger charge is 2.13. The molecule has 22 heavy (non-hydrogen) atoms. The summed E-state index contributed by atoms with van der Waals surface area (Å²) in [7, 11) is 0. The highest BCUT2D eigenvalue weighted by molar-refractivity contribution is 9.10. The Hall–Kier alpha value is -2.45. The zero-order valence-corrected chi connectivity index (χ0v) is 13.5. The van der Waals surface area contributed by atoms with Crippen LogP contribution < -0.4 is 5.32 Å². The molecule has 5 heteroatoms. The van der Waals surface area contributed by atoms with Crippen molar-refractivity contribution < 1.29 is 4.79 Å². The average molecular weight is 356 g/mol. The number of hydrogen-bond acceptors (Lipinski definition) is 3. The molecule has 0 aliphatic heterocycles. The lowest BCUT2D eigenvalue weighted by Gasteiger charge is -2.13. The normalized spacial score (nSPS) is 12.3. The van der Waals surface area contributed by atoms with Gasteiger partial charge in [-0.05, 0) is 46.1 Å². The van der Waals surface area contributed by atoms with Gasteiger partial charge in [0.05, 0.1) is 6.04 Å². The molecule has 0 saturated heterocycles. The molecule has 0 aliphatic rings. The summed E-state index contributed by atoms with van der Waals surface area (Å²) in [4.78, 5) is 16.2. The van der Waals surface area contributed by atoms with Crippen LogP contribution in [-0.2, 0) is 4.79 Å². The Morgan fingerprint density at radius 1 is 1.36 bits per heavy atom. The zero-order chi connectivity index (χ0) is 15.9. The molecular formula is C17H14BrN3O. The van der Waals surface area contributed by atoms with Crippen molar-refractivity contribution in [3.8, 4) is 6.07 Å². The monoisotopic (exact) mass is 355 g/mol. The Morgan fingerprint density at radius 2 is 2.09 bits per heavy atom. The maximum absolute atomic E-state index is 12.2. The van der Waals surface area contributed by atoms with Gasteiger partial charge < -0.3 is 5.32 Å². The first-order chi connectivity index (χ1) is 10.6. The minimum atomic E-state index is -0.404. The van der Waals surface area contributed by atoms with Gasteiger partial charge in [-0.2, -0.15) is 5.26 Å². The van der Waals surface area contributed by atoms with Crippen molar-refractivity contribution in [1.29, 1.82) is 5.26 Å². The van der Waals surface area contributed by atoms with E-state index in [0.29, 0.717) is 5.56 Å². The molecule has 2 rings (SSSR count). The summed E-state index contributed by atoms with van der Waals surface area (Å²) < 4.78 is 0.789. The number of benzene rings is 1. The second-order valence-electron chi connectivity index (χ2n) is 4.71. The molecule has 4 nitrogen and oxygen atoms in total. The molecule has 110 valence electrons. The van der Waals surface area contributed by atoms with E-state index in [4.69, 9.17) is 0 Å². The second-order valence-corrected chi connectivity index (χ2v) is 5.63. The number of aromatic nitrogens is 1. The summed E-state index contributed by atoms with van der Waals surface area (Å²) in [6.07, 6.45) is 4.75. The van der Waals surface area contributed by atoms with Crippen LogP contribution in [-0.4, -0.2) is 10.9 Å². The lowest BCUT2D eigenvalue weighted by Crippen LogP contribution is -2.27. The summed E-state index contributed by atoms with van der Waals surface area (Å²) >= 11 is 3.31. The number of pyridine rings is 1. The summed E-state index contributed by atoms with van der Waals surface area (Å²) in [5.41, 5.74) is 1.72. The molecule has 0 saturated carbocycles. The number of rotatable bonds is 4.